The van der Waals surface area contributed by atoms with Crippen LogP contribution in [-0.2, 0) is 6.42 Å². The van der Waals surface area contributed by atoms with Gasteiger partial charge in [0.2, 0.25) is 0 Å². The van der Waals surface area contributed by atoms with Gasteiger partial charge in [-0.1, -0.05) is 29.7 Å². The van der Waals surface area contributed by atoms with Gasteiger partial charge in [-0.25, -0.2) is 0 Å². The second-order valence-electron chi connectivity index (χ2n) is 2.92. The second kappa shape index (κ2) is 4.47. The number of benzene rings is 1. The van der Waals surface area contributed by atoms with Crippen LogP contribution in [0.1, 0.15) is 28.4 Å². The van der Waals surface area contributed by atoms with Crippen LogP contribution < -0.4 is 0 Å². The van der Waals surface area contributed by atoms with Crippen LogP contribution in [0.2, 0.25) is 0 Å². The van der Waals surface area contributed by atoms with Crippen LogP contribution in [0.4, 0.5) is 0 Å². The average molecular weight is 172 g/mol. The van der Waals surface area contributed by atoms with Gasteiger partial charge in [0.1, 0.15) is 6.29 Å². The first kappa shape index (κ1) is 9.54. The number of hydrogen-bond donors (Lipinski definition) is 0. The smallest absolute Gasteiger partial charge is 0.150 e. The fraction of sp³-hybridized carbons (Fsp3) is 0.250. The Morgan fingerprint density at radius 3 is 2.85 bits per heavy atom. The van der Waals surface area contributed by atoms with Crippen molar-refractivity contribution >= 4 is 6.29 Å². The van der Waals surface area contributed by atoms with Crippen molar-refractivity contribution < 1.29 is 4.79 Å². The summed E-state index contributed by atoms with van der Waals surface area (Å²) < 4.78 is 0. The Bertz CT molecular complexity index is 366. The van der Waals surface area contributed by atoms with E-state index in [1.165, 1.54) is 5.56 Å². The van der Waals surface area contributed by atoms with Crippen molar-refractivity contribution in [3.63, 3.8) is 0 Å². The van der Waals surface area contributed by atoms with E-state index in [4.69, 9.17) is 0 Å². The van der Waals surface area contributed by atoms with Gasteiger partial charge in [-0.3, -0.25) is 4.79 Å². The van der Waals surface area contributed by atoms with Gasteiger partial charge in [0, 0.05) is 12.0 Å². The first-order chi connectivity index (χ1) is 6.27. The minimum absolute atomic E-state index is 0.659. The van der Waals surface area contributed by atoms with E-state index >= 15 is 0 Å². The van der Waals surface area contributed by atoms with Crippen LogP contribution in [0.5, 0.6) is 0 Å². The van der Waals surface area contributed by atoms with Crippen LogP contribution in [0.15, 0.2) is 18.2 Å². The second-order valence-corrected chi connectivity index (χ2v) is 2.92. The number of carbonyl (C=O) groups excluding carboxylic acids is 1. The van der Waals surface area contributed by atoms with Crippen molar-refractivity contribution in [2.45, 2.75) is 20.3 Å². The van der Waals surface area contributed by atoms with E-state index in [0.29, 0.717) is 6.42 Å². The minimum atomic E-state index is 0.659. The normalized spacial score (nSPS) is 8.77. The third-order valence-electron chi connectivity index (χ3n) is 1.88. The molecule has 13 heavy (non-hydrogen) atoms. The summed E-state index contributed by atoms with van der Waals surface area (Å²) in [6.07, 6.45) is 1.54. The third-order valence-corrected chi connectivity index (χ3v) is 1.88. The van der Waals surface area contributed by atoms with Gasteiger partial charge in [-0.05, 0) is 19.4 Å². The fourth-order valence-corrected chi connectivity index (χ4v) is 1.19. The largest absolute Gasteiger partial charge is 0.298 e. The van der Waals surface area contributed by atoms with Crippen LogP contribution in [-0.4, -0.2) is 6.29 Å². The molecule has 1 aromatic rings. The lowest BCUT2D eigenvalue weighted by Crippen LogP contribution is -1.91. The number of rotatable bonds is 2. The summed E-state index contributed by atoms with van der Waals surface area (Å²) in [6.45, 7) is 3.81. The average Bonchev–Trinajstić information content (AvgIpc) is 2.15. The van der Waals surface area contributed by atoms with Crippen molar-refractivity contribution in [3.05, 3.63) is 34.9 Å². The standard InChI is InChI=1S/C12H12O/c1-3-4-5-11-8-10(2)6-7-12(11)9-13/h6-9H,5H2,1-2H3. The van der Waals surface area contributed by atoms with E-state index < -0.39 is 0 Å². The fourth-order valence-electron chi connectivity index (χ4n) is 1.19. The molecule has 1 aromatic carbocycles. The van der Waals surface area contributed by atoms with E-state index in [1.807, 2.05) is 25.1 Å². The Kier molecular flexibility index (Phi) is 3.28. The van der Waals surface area contributed by atoms with Gasteiger partial charge in [0.05, 0.1) is 0 Å². The summed E-state index contributed by atoms with van der Waals surface area (Å²) in [6, 6.07) is 5.79. The van der Waals surface area contributed by atoms with Gasteiger partial charge in [0.15, 0.2) is 0 Å². The lowest BCUT2D eigenvalue weighted by molar-refractivity contribution is 0.112. The predicted molar refractivity (Wildman–Crippen MR) is 53.7 cm³/mol. The monoisotopic (exact) mass is 172 g/mol. The number of aryl methyl sites for hydroxylation is 1. The van der Waals surface area contributed by atoms with Crippen molar-refractivity contribution in [1.29, 1.82) is 0 Å². The lowest BCUT2D eigenvalue weighted by Gasteiger charge is -2.01. The van der Waals surface area contributed by atoms with Gasteiger partial charge in [-0.15, -0.1) is 5.92 Å². The Labute approximate surface area is 78.8 Å². The maximum atomic E-state index is 10.7. The quantitative estimate of drug-likeness (QED) is 0.494. The lowest BCUT2D eigenvalue weighted by atomic mass is 10.0. The molecule has 0 atom stereocenters. The molecular formula is C12H12O. The first-order valence-corrected chi connectivity index (χ1v) is 4.22. The highest BCUT2D eigenvalue weighted by molar-refractivity contribution is 5.77. The summed E-state index contributed by atoms with van der Waals surface area (Å²) in [5, 5.41) is 0. The molecule has 0 saturated carbocycles. The molecule has 0 N–H and O–H groups in total. The predicted octanol–water partition coefficient (Wildman–Crippen LogP) is 2.37. The van der Waals surface area contributed by atoms with Crippen LogP contribution in [0.3, 0.4) is 0 Å². The molecule has 0 fully saturated rings. The SMILES string of the molecule is CC#CCc1cc(C)ccc1C=O. The van der Waals surface area contributed by atoms with Crippen molar-refractivity contribution in [3.8, 4) is 11.8 Å². The zero-order valence-corrected chi connectivity index (χ0v) is 7.92. The molecule has 0 aliphatic rings. The van der Waals surface area contributed by atoms with Crippen molar-refractivity contribution in [2.75, 3.05) is 0 Å². The molecule has 0 amide bonds. The third kappa shape index (κ3) is 2.45. The summed E-state index contributed by atoms with van der Waals surface area (Å²) in [7, 11) is 0. The molecule has 0 saturated heterocycles. The Balaban J connectivity index is 3.05. The molecule has 0 spiro atoms. The summed E-state index contributed by atoms with van der Waals surface area (Å²) in [4.78, 5) is 10.7. The molecule has 0 bridgehead atoms. The molecule has 1 nitrogen and oxygen atoms in total. The Morgan fingerprint density at radius 1 is 1.46 bits per heavy atom. The van der Waals surface area contributed by atoms with E-state index in [1.54, 1.807) is 6.92 Å². The van der Waals surface area contributed by atoms with Crippen LogP contribution in [0, 0.1) is 18.8 Å². The summed E-state index contributed by atoms with van der Waals surface area (Å²) in [5.74, 6) is 5.78. The van der Waals surface area contributed by atoms with E-state index in [-0.39, 0.29) is 0 Å². The summed E-state index contributed by atoms with van der Waals surface area (Å²) >= 11 is 0. The Morgan fingerprint density at radius 2 is 2.23 bits per heavy atom. The highest BCUT2D eigenvalue weighted by atomic mass is 16.1. The number of carbonyl (C=O) groups is 1. The highest BCUT2D eigenvalue weighted by Gasteiger charge is 1.99. The number of hydrogen-bond acceptors (Lipinski definition) is 1. The number of aldehydes is 1. The molecule has 0 aromatic heterocycles. The minimum Gasteiger partial charge on any atom is -0.298 e. The molecule has 0 unspecified atom stereocenters. The maximum absolute atomic E-state index is 10.7. The molecular weight excluding hydrogens is 160 g/mol. The van der Waals surface area contributed by atoms with Crippen LogP contribution in [0.25, 0.3) is 0 Å². The van der Waals surface area contributed by atoms with Gasteiger partial charge < -0.3 is 0 Å². The highest BCUT2D eigenvalue weighted by Crippen LogP contribution is 2.09. The van der Waals surface area contributed by atoms with Crippen LogP contribution >= 0.6 is 0 Å². The zero-order valence-electron chi connectivity index (χ0n) is 7.92. The van der Waals surface area contributed by atoms with E-state index in [9.17, 15) is 4.79 Å². The topological polar surface area (TPSA) is 17.1 Å². The molecule has 0 aliphatic heterocycles. The van der Waals surface area contributed by atoms with Crippen molar-refractivity contribution in [1.82, 2.24) is 0 Å². The molecule has 0 heterocycles. The Hall–Kier alpha value is -1.55. The summed E-state index contributed by atoms with van der Waals surface area (Å²) in [5.41, 5.74) is 2.93. The molecule has 66 valence electrons. The molecule has 0 aliphatic carbocycles. The maximum Gasteiger partial charge on any atom is 0.150 e. The van der Waals surface area contributed by atoms with Crippen molar-refractivity contribution in [2.24, 2.45) is 0 Å². The zero-order chi connectivity index (χ0) is 9.68. The molecule has 1 heteroatoms. The van der Waals surface area contributed by atoms with Gasteiger partial charge in [-0.2, -0.15) is 0 Å². The van der Waals surface area contributed by atoms with E-state index in [0.717, 1.165) is 17.4 Å². The van der Waals surface area contributed by atoms with Gasteiger partial charge >= 0.3 is 0 Å². The molecule has 0 radical (unpaired) electrons. The first-order valence-electron chi connectivity index (χ1n) is 4.22. The van der Waals surface area contributed by atoms with E-state index in [2.05, 4.69) is 11.8 Å². The molecule has 1 rings (SSSR count). The van der Waals surface area contributed by atoms with Gasteiger partial charge in [0.25, 0.3) is 0 Å².